The molecule has 1 amide bonds. The lowest BCUT2D eigenvalue weighted by Gasteiger charge is -2.34. The molecule has 2 N–H and O–H groups in total. The van der Waals surface area contributed by atoms with Gasteiger partial charge >= 0.3 is 0 Å². The molecule has 2 fully saturated rings. The highest BCUT2D eigenvalue weighted by Crippen LogP contribution is 2.25. The molecule has 0 aromatic heterocycles. The monoisotopic (exact) mass is 244 g/mol. The molecular weight excluding hydrogens is 224 g/mol. The molecule has 1 aliphatic carbocycles. The van der Waals surface area contributed by atoms with Gasteiger partial charge in [-0.1, -0.05) is 12.8 Å². The maximum Gasteiger partial charge on any atom is 0.227 e. The number of rotatable bonds is 1. The molecule has 1 aliphatic heterocycles. The Balaban J connectivity index is 1.93. The van der Waals surface area contributed by atoms with Gasteiger partial charge in [0.2, 0.25) is 5.91 Å². The lowest BCUT2D eigenvalue weighted by molar-refractivity contribution is -0.136. The van der Waals surface area contributed by atoms with E-state index in [-0.39, 0.29) is 17.9 Å². The highest BCUT2D eigenvalue weighted by atomic mass is 32.2. The van der Waals surface area contributed by atoms with Gasteiger partial charge in [0.1, 0.15) is 0 Å². The Kier molecular flexibility index (Phi) is 3.97. The highest BCUT2D eigenvalue weighted by molar-refractivity contribution is 7.85. The third kappa shape index (κ3) is 2.63. The predicted molar refractivity (Wildman–Crippen MR) is 64.4 cm³/mol. The van der Waals surface area contributed by atoms with Gasteiger partial charge in [0, 0.05) is 41.4 Å². The van der Waals surface area contributed by atoms with Crippen LogP contribution in [0, 0.1) is 5.92 Å². The molecule has 2 rings (SSSR count). The van der Waals surface area contributed by atoms with Crippen molar-refractivity contribution in [3.8, 4) is 0 Å². The minimum Gasteiger partial charge on any atom is -0.341 e. The van der Waals surface area contributed by atoms with Crippen LogP contribution in [-0.4, -0.2) is 45.7 Å². The van der Waals surface area contributed by atoms with E-state index in [1.807, 2.05) is 4.90 Å². The second kappa shape index (κ2) is 5.27. The van der Waals surface area contributed by atoms with E-state index >= 15 is 0 Å². The number of hydrogen-bond acceptors (Lipinski definition) is 3. The fraction of sp³-hybridized carbons (Fsp3) is 0.909. The van der Waals surface area contributed by atoms with E-state index in [4.69, 9.17) is 5.73 Å². The van der Waals surface area contributed by atoms with Crippen LogP contribution >= 0.6 is 0 Å². The average molecular weight is 244 g/mol. The lowest BCUT2D eigenvalue weighted by atomic mass is 9.84. The van der Waals surface area contributed by atoms with Crippen LogP contribution in [0.5, 0.6) is 0 Å². The summed E-state index contributed by atoms with van der Waals surface area (Å²) in [4.78, 5) is 14.1. The van der Waals surface area contributed by atoms with Gasteiger partial charge < -0.3 is 10.6 Å². The molecule has 92 valence electrons. The van der Waals surface area contributed by atoms with E-state index in [9.17, 15) is 9.00 Å². The van der Waals surface area contributed by atoms with Crippen LogP contribution in [0.25, 0.3) is 0 Å². The van der Waals surface area contributed by atoms with E-state index in [1.54, 1.807) is 0 Å². The van der Waals surface area contributed by atoms with Crippen LogP contribution < -0.4 is 5.73 Å². The summed E-state index contributed by atoms with van der Waals surface area (Å²) in [7, 11) is -0.716. The fourth-order valence-electron chi connectivity index (χ4n) is 2.56. The maximum atomic E-state index is 12.2. The van der Waals surface area contributed by atoms with E-state index in [1.165, 1.54) is 0 Å². The zero-order chi connectivity index (χ0) is 11.5. The van der Waals surface area contributed by atoms with Crippen LogP contribution in [0.2, 0.25) is 0 Å². The molecule has 1 saturated heterocycles. The van der Waals surface area contributed by atoms with Crippen LogP contribution in [0.1, 0.15) is 25.7 Å². The first kappa shape index (κ1) is 12.0. The minimum absolute atomic E-state index is 0.0142. The number of hydrogen-bond donors (Lipinski definition) is 1. The van der Waals surface area contributed by atoms with Crippen LogP contribution in [0.3, 0.4) is 0 Å². The zero-order valence-electron chi connectivity index (χ0n) is 9.56. The van der Waals surface area contributed by atoms with Gasteiger partial charge in [-0.15, -0.1) is 0 Å². The molecule has 0 radical (unpaired) electrons. The van der Waals surface area contributed by atoms with E-state index in [2.05, 4.69) is 0 Å². The van der Waals surface area contributed by atoms with Gasteiger partial charge in [-0.05, 0) is 12.8 Å². The molecule has 16 heavy (non-hydrogen) atoms. The number of carbonyl (C=O) groups is 1. The third-order valence-corrected chi connectivity index (χ3v) is 4.90. The Hall–Kier alpha value is -0.420. The molecule has 0 aromatic rings. The maximum absolute atomic E-state index is 12.2. The molecule has 0 aromatic carbocycles. The van der Waals surface area contributed by atoms with E-state index in [0.717, 1.165) is 25.7 Å². The van der Waals surface area contributed by atoms with Crippen molar-refractivity contribution in [3.63, 3.8) is 0 Å². The normalized spacial score (nSPS) is 32.7. The first-order chi connectivity index (χ1) is 7.68. The van der Waals surface area contributed by atoms with Crippen molar-refractivity contribution in [1.29, 1.82) is 0 Å². The summed E-state index contributed by atoms with van der Waals surface area (Å²) < 4.78 is 11.2. The minimum atomic E-state index is -0.716. The molecule has 1 saturated carbocycles. The van der Waals surface area contributed by atoms with E-state index in [0.29, 0.717) is 24.6 Å². The molecule has 2 aliphatic rings. The molecule has 0 bridgehead atoms. The van der Waals surface area contributed by atoms with Crippen molar-refractivity contribution < 1.29 is 9.00 Å². The average Bonchev–Trinajstić information content (AvgIpc) is 2.30. The Morgan fingerprint density at radius 3 is 2.44 bits per heavy atom. The van der Waals surface area contributed by atoms with Gasteiger partial charge in [-0.3, -0.25) is 9.00 Å². The third-order valence-electron chi connectivity index (χ3n) is 3.63. The van der Waals surface area contributed by atoms with Gasteiger partial charge in [0.25, 0.3) is 0 Å². The van der Waals surface area contributed by atoms with Crippen LogP contribution in [0.15, 0.2) is 0 Å². The Morgan fingerprint density at radius 1 is 1.19 bits per heavy atom. The smallest absolute Gasteiger partial charge is 0.227 e. The summed E-state index contributed by atoms with van der Waals surface area (Å²) >= 11 is 0. The molecule has 5 heteroatoms. The molecule has 4 nitrogen and oxygen atoms in total. The van der Waals surface area contributed by atoms with Crippen molar-refractivity contribution in [1.82, 2.24) is 4.90 Å². The first-order valence-electron chi connectivity index (χ1n) is 6.08. The van der Waals surface area contributed by atoms with Crippen molar-refractivity contribution in [2.75, 3.05) is 24.6 Å². The Bertz CT molecular complexity index is 286. The zero-order valence-corrected chi connectivity index (χ0v) is 10.4. The molecule has 2 unspecified atom stereocenters. The van der Waals surface area contributed by atoms with Crippen molar-refractivity contribution >= 4 is 16.7 Å². The fourth-order valence-corrected chi connectivity index (χ4v) is 3.61. The number of nitrogens with two attached hydrogens (primary N) is 1. The largest absolute Gasteiger partial charge is 0.341 e. The second-order valence-electron chi connectivity index (χ2n) is 4.73. The lowest BCUT2D eigenvalue weighted by Crippen LogP contribution is -2.49. The number of amides is 1. The summed E-state index contributed by atoms with van der Waals surface area (Å²) in [5.74, 6) is 1.48. The topological polar surface area (TPSA) is 63.4 Å². The Morgan fingerprint density at radius 2 is 1.81 bits per heavy atom. The van der Waals surface area contributed by atoms with Crippen molar-refractivity contribution in [2.24, 2.45) is 11.7 Å². The summed E-state index contributed by atoms with van der Waals surface area (Å²) in [6.45, 7) is 1.29. The van der Waals surface area contributed by atoms with Crippen LogP contribution in [0.4, 0.5) is 0 Å². The second-order valence-corrected chi connectivity index (χ2v) is 6.42. The first-order valence-corrected chi connectivity index (χ1v) is 7.56. The van der Waals surface area contributed by atoms with Gasteiger partial charge in [0.15, 0.2) is 0 Å². The van der Waals surface area contributed by atoms with Crippen molar-refractivity contribution in [3.05, 3.63) is 0 Å². The van der Waals surface area contributed by atoms with E-state index < -0.39 is 10.8 Å². The SMILES string of the molecule is NC1CCCCC1C(=O)N1CCS(=O)CC1. The number of carbonyl (C=O) groups excluding carboxylic acids is 1. The number of nitrogens with zero attached hydrogens (tertiary/aromatic N) is 1. The standard InChI is InChI=1S/C11H20N2O2S/c12-10-4-2-1-3-9(10)11(14)13-5-7-16(15)8-6-13/h9-10H,1-8,12H2. The quantitative estimate of drug-likeness (QED) is 0.711. The van der Waals surface area contributed by atoms with Gasteiger partial charge in [0.05, 0.1) is 5.92 Å². The molecule has 2 atom stereocenters. The Labute approximate surface area is 99.0 Å². The summed E-state index contributed by atoms with van der Waals surface area (Å²) in [6, 6.07) is 0.0358. The van der Waals surface area contributed by atoms with Crippen LogP contribution in [-0.2, 0) is 15.6 Å². The molecule has 0 spiro atoms. The van der Waals surface area contributed by atoms with Gasteiger partial charge in [-0.2, -0.15) is 0 Å². The molecule has 1 heterocycles. The summed E-state index contributed by atoms with van der Waals surface area (Å²) in [5.41, 5.74) is 6.01. The summed E-state index contributed by atoms with van der Waals surface area (Å²) in [6.07, 6.45) is 4.16. The summed E-state index contributed by atoms with van der Waals surface area (Å²) in [5, 5.41) is 0. The highest BCUT2D eigenvalue weighted by Gasteiger charge is 2.32. The predicted octanol–water partition coefficient (Wildman–Crippen LogP) is 0.0948. The van der Waals surface area contributed by atoms with Crippen molar-refractivity contribution in [2.45, 2.75) is 31.7 Å². The molecular formula is C11H20N2O2S. The van der Waals surface area contributed by atoms with Gasteiger partial charge in [-0.25, -0.2) is 0 Å².